The number of amides is 2. The van der Waals surface area contributed by atoms with Crippen molar-refractivity contribution in [2.45, 2.75) is 44.4 Å². The lowest BCUT2D eigenvalue weighted by atomic mass is 10.0. The summed E-state index contributed by atoms with van der Waals surface area (Å²) in [4.78, 5) is 26.7. The Labute approximate surface area is 192 Å². The van der Waals surface area contributed by atoms with Crippen molar-refractivity contribution in [3.8, 4) is 5.75 Å². The van der Waals surface area contributed by atoms with Gasteiger partial charge in [0.2, 0.25) is 5.95 Å². The molecule has 3 aromatic rings. The summed E-state index contributed by atoms with van der Waals surface area (Å²) in [5.74, 6) is 1.76. The smallest absolute Gasteiger partial charge is 0.330 e. The standard InChI is InChI=1S/C25H27N5O3/c1-16-22-15-26-24(27-17-6-4-3-5-7-17)28-23(22)30(19-8-11-20(31)14-19)25(32)29(16)18-9-12-21(33-2)13-10-18/h3-7,9-10,12-13,15-16,19-20,31H,8,11,14H2,1-2H3,(H,26,27,28)/t16-,19?,20?/m0/s1. The number of rotatable bonds is 5. The van der Waals surface area contributed by atoms with Gasteiger partial charge in [-0.3, -0.25) is 9.80 Å². The zero-order chi connectivity index (χ0) is 22.9. The third-order valence-electron chi connectivity index (χ3n) is 6.40. The van der Waals surface area contributed by atoms with Crippen LogP contribution in [-0.2, 0) is 0 Å². The maximum atomic E-state index is 13.9. The van der Waals surface area contributed by atoms with Crippen molar-refractivity contribution in [1.82, 2.24) is 9.97 Å². The number of fused-ring (bicyclic) bond motifs is 1. The molecule has 0 saturated heterocycles. The largest absolute Gasteiger partial charge is 0.497 e. The van der Waals surface area contributed by atoms with E-state index in [-0.39, 0.29) is 18.1 Å². The van der Waals surface area contributed by atoms with E-state index in [9.17, 15) is 9.90 Å². The van der Waals surface area contributed by atoms with Crippen molar-refractivity contribution in [2.24, 2.45) is 0 Å². The molecule has 3 atom stereocenters. The summed E-state index contributed by atoms with van der Waals surface area (Å²) in [6, 6.07) is 16.6. The molecule has 2 aromatic carbocycles. The summed E-state index contributed by atoms with van der Waals surface area (Å²) < 4.78 is 5.27. The van der Waals surface area contributed by atoms with E-state index >= 15 is 0 Å². The number of ether oxygens (including phenoxy) is 1. The van der Waals surface area contributed by atoms with Crippen LogP contribution in [0, 0.1) is 0 Å². The summed E-state index contributed by atoms with van der Waals surface area (Å²) in [5, 5.41) is 13.4. The van der Waals surface area contributed by atoms with Gasteiger partial charge < -0.3 is 15.2 Å². The minimum Gasteiger partial charge on any atom is -0.497 e. The topological polar surface area (TPSA) is 90.8 Å². The zero-order valence-electron chi connectivity index (χ0n) is 18.7. The van der Waals surface area contributed by atoms with Crippen LogP contribution in [0.5, 0.6) is 5.75 Å². The van der Waals surface area contributed by atoms with Gasteiger partial charge in [-0.2, -0.15) is 4.98 Å². The van der Waals surface area contributed by atoms with E-state index in [2.05, 4.69) is 10.3 Å². The number of methoxy groups -OCH3 is 1. The third-order valence-corrected chi connectivity index (χ3v) is 6.40. The molecule has 33 heavy (non-hydrogen) atoms. The molecule has 2 aliphatic rings. The molecule has 1 aromatic heterocycles. The van der Waals surface area contributed by atoms with Crippen LogP contribution in [0.1, 0.15) is 37.8 Å². The summed E-state index contributed by atoms with van der Waals surface area (Å²) in [6.07, 6.45) is 3.30. The predicted molar refractivity (Wildman–Crippen MR) is 127 cm³/mol. The second-order valence-electron chi connectivity index (χ2n) is 8.48. The summed E-state index contributed by atoms with van der Waals surface area (Å²) in [6.45, 7) is 1.98. The Morgan fingerprint density at radius 3 is 2.48 bits per heavy atom. The van der Waals surface area contributed by atoms with Gasteiger partial charge in [-0.15, -0.1) is 0 Å². The van der Waals surface area contributed by atoms with E-state index in [0.29, 0.717) is 24.6 Å². The van der Waals surface area contributed by atoms with Crippen LogP contribution in [0.15, 0.2) is 60.8 Å². The van der Waals surface area contributed by atoms with Crippen LogP contribution < -0.4 is 19.9 Å². The number of hydrogen-bond donors (Lipinski definition) is 2. The van der Waals surface area contributed by atoms with Crippen LogP contribution in [0.3, 0.4) is 0 Å². The molecular weight excluding hydrogens is 418 g/mol. The number of aliphatic hydroxyl groups excluding tert-OH is 1. The number of aliphatic hydroxyl groups is 1. The first-order chi connectivity index (χ1) is 16.0. The lowest BCUT2D eigenvalue weighted by Crippen LogP contribution is -2.53. The number of nitrogens with one attached hydrogen (secondary N) is 1. The highest BCUT2D eigenvalue weighted by atomic mass is 16.5. The van der Waals surface area contributed by atoms with Crippen LogP contribution in [-0.4, -0.2) is 40.4 Å². The third kappa shape index (κ3) is 3.98. The Morgan fingerprint density at radius 1 is 1.06 bits per heavy atom. The number of benzene rings is 2. The molecule has 0 spiro atoms. The first kappa shape index (κ1) is 21.2. The van der Waals surface area contributed by atoms with E-state index in [0.717, 1.165) is 29.1 Å². The molecule has 2 amide bonds. The second-order valence-corrected chi connectivity index (χ2v) is 8.48. The SMILES string of the molecule is COc1ccc(N2C(=O)N(C3CCC(O)C3)c3nc(Nc4ccccc4)ncc3[C@@H]2C)cc1. The Balaban J connectivity index is 1.56. The molecule has 5 rings (SSSR count). The van der Waals surface area contributed by atoms with Crippen molar-refractivity contribution in [3.63, 3.8) is 0 Å². The van der Waals surface area contributed by atoms with Crippen molar-refractivity contribution in [3.05, 3.63) is 66.4 Å². The van der Waals surface area contributed by atoms with Crippen molar-refractivity contribution >= 4 is 29.2 Å². The Kier molecular flexibility index (Phi) is 5.60. The average molecular weight is 446 g/mol. The van der Waals surface area contributed by atoms with Gasteiger partial charge in [-0.05, 0) is 62.6 Å². The van der Waals surface area contributed by atoms with Gasteiger partial charge in [0.15, 0.2) is 0 Å². The molecule has 8 heteroatoms. The van der Waals surface area contributed by atoms with Crippen molar-refractivity contribution in [1.29, 1.82) is 0 Å². The molecule has 0 radical (unpaired) electrons. The Hall–Kier alpha value is -3.65. The van der Waals surface area contributed by atoms with E-state index in [1.54, 1.807) is 23.1 Å². The van der Waals surface area contributed by atoms with Crippen LogP contribution >= 0.6 is 0 Å². The fourth-order valence-electron chi connectivity index (χ4n) is 4.67. The number of carbonyl (C=O) groups excluding carboxylic acids is 1. The van der Waals surface area contributed by atoms with Gasteiger partial charge in [0, 0.05) is 29.2 Å². The van der Waals surface area contributed by atoms with E-state index in [1.165, 1.54) is 0 Å². The summed E-state index contributed by atoms with van der Waals surface area (Å²) in [7, 11) is 1.62. The number of urea groups is 1. The van der Waals surface area contributed by atoms with Gasteiger partial charge in [0.05, 0.1) is 19.3 Å². The quantitative estimate of drug-likeness (QED) is 0.594. The second kappa shape index (κ2) is 8.71. The summed E-state index contributed by atoms with van der Waals surface area (Å²) >= 11 is 0. The summed E-state index contributed by atoms with van der Waals surface area (Å²) in [5.41, 5.74) is 2.51. The number of nitrogens with zero attached hydrogens (tertiary/aromatic N) is 4. The molecule has 2 heterocycles. The minimum absolute atomic E-state index is 0.126. The van der Waals surface area contributed by atoms with E-state index in [4.69, 9.17) is 9.72 Å². The molecule has 2 N–H and O–H groups in total. The Morgan fingerprint density at radius 2 is 1.82 bits per heavy atom. The number of anilines is 4. The predicted octanol–water partition coefficient (Wildman–Crippen LogP) is 4.65. The highest BCUT2D eigenvalue weighted by Gasteiger charge is 2.43. The molecule has 1 aliphatic heterocycles. The zero-order valence-corrected chi connectivity index (χ0v) is 18.7. The number of para-hydroxylation sites is 1. The molecule has 0 bridgehead atoms. The number of hydrogen-bond acceptors (Lipinski definition) is 6. The van der Waals surface area contributed by atoms with Crippen LogP contribution in [0.4, 0.5) is 27.9 Å². The van der Waals surface area contributed by atoms with Gasteiger partial charge in [0.25, 0.3) is 0 Å². The van der Waals surface area contributed by atoms with Gasteiger partial charge in [0.1, 0.15) is 11.6 Å². The van der Waals surface area contributed by atoms with Crippen LogP contribution in [0.2, 0.25) is 0 Å². The highest BCUT2D eigenvalue weighted by Crippen LogP contribution is 2.42. The molecule has 8 nitrogen and oxygen atoms in total. The fourth-order valence-corrected chi connectivity index (χ4v) is 4.67. The molecule has 1 saturated carbocycles. The molecule has 1 fully saturated rings. The van der Waals surface area contributed by atoms with Crippen LogP contribution in [0.25, 0.3) is 0 Å². The number of carbonyl (C=O) groups is 1. The van der Waals surface area contributed by atoms with E-state index < -0.39 is 6.10 Å². The minimum atomic E-state index is -0.413. The first-order valence-electron chi connectivity index (χ1n) is 11.2. The first-order valence-corrected chi connectivity index (χ1v) is 11.2. The lowest BCUT2D eigenvalue weighted by Gasteiger charge is -2.42. The molecule has 170 valence electrons. The maximum Gasteiger partial charge on any atom is 0.330 e. The van der Waals surface area contributed by atoms with Gasteiger partial charge in [-0.25, -0.2) is 9.78 Å². The number of aromatic nitrogens is 2. The van der Waals surface area contributed by atoms with E-state index in [1.807, 2.05) is 61.5 Å². The van der Waals surface area contributed by atoms with Gasteiger partial charge >= 0.3 is 6.03 Å². The lowest BCUT2D eigenvalue weighted by molar-refractivity contribution is 0.181. The normalized spacial score (nSPS) is 22.3. The monoisotopic (exact) mass is 445 g/mol. The molecular formula is C25H27N5O3. The van der Waals surface area contributed by atoms with Crippen molar-refractivity contribution in [2.75, 3.05) is 22.2 Å². The van der Waals surface area contributed by atoms with Crippen molar-refractivity contribution < 1.29 is 14.6 Å². The highest BCUT2D eigenvalue weighted by molar-refractivity contribution is 6.06. The molecule has 2 unspecified atom stereocenters. The average Bonchev–Trinajstić information content (AvgIpc) is 3.26. The Bertz CT molecular complexity index is 1140. The fraction of sp³-hybridized carbons (Fsp3) is 0.320. The molecule has 1 aliphatic carbocycles. The maximum absolute atomic E-state index is 13.9. The van der Waals surface area contributed by atoms with Gasteiger partial charge in [-0.1, -0.05) is 18.2 Å².